The molecule has 1 unspecified atom stereocenters. The second-order valence-corrected chi connectivity index (χ2v) is 4.34. The lowest BCUT2D eigenvalue weighted by Crippen LogP contribution is -2.33. The third kappa shape index (κ3) is 4.08. The third-order valence-electron chi connectivity index (χ3n) is 3.03. The molecule has 0 bridgehead atoms. The van der Waals surface area contributed by atoms with Crippen molar-refractivity contribution in [2.45, 2.75) is 32.2 Å². The first-order chi connectivity index (χ1) is 6.72. The zero-order chi connectivity index (χ0) is 10.4. The highest BCUT2D eigenvalue weighted by Gasteiger charge is 2.15. The van der Waals surface area contributed by atoms with E-state index in [1.165, 1.54) is 32.4 Å². The fraction of sp³-hybridized carbons (Fsp3) is 0.909. The number of hydrogen-bond acceptors (Lipinski definition) is 3. The molecule has 1 N–H and O–H groups in total. The second kappa shape index (κ2) is 6.00. The van der Waals surface area contributed by atoms with Gasteiger partial charge in [-0.05, 0) is 58.8 Å². The third-order valence-corrected chi connectivity index (χ3v) is 3.03. The van der Waals surface area contributed by atoms with Gasteiger partial charge >= 0.3 is 0 Å². The van der Waals surface area contributed by atoms with Gasteiger partial charge in [0, 0.05) is 0 Å². The van der Waals surface area contributed by atoms with Crippen LogP contribution in [0.2, 0.25) is 0 Å². The van der Waals surface area contributed by atoms with Gasteiger partial charge in [-0.25, -0.2) is 0 Å². The Hall–Kier alpha value is -0.590. The van der Waals surface area contributed by atoms with E-state index in [2.05, 4.69) is 23.3 Å². The molecule has 1 heterocycles. The lowest BCUT2D eigenvalue weighted by molar-refractivity contribution is 0.211. The summed E-state index contributed by atoms with van der Waals surface area (Å²) in [5, 5.41) is 11.8. The van der Waals surface area contributed by atoms with Crippen LogP contribution in [0.4, 0.5) is 0 Å². The van der Waals surface area contributed by atoms with Gasteiger partial charge < -0.3 is 10.2 Å². The molecule has 0 spiro atoms. The van der Waals surface area contributed by atoms with Gasteiger partial charge in [0.2, 0.25) is 0 Å². The molecule has 1 aliphatic heterocycles. The van der Waals surface area contributed by atoms with Crippen LogP contribution in [-0.4, -0.2) is 37.6 Å². The minimum atomic E-state index is 0.00117. The topological polar surface area (TPSA) is 39.1 Å². The summed E-state index contributed by atoms with van der Waals surface area (Å²) in [5.41, 5.74) is 0. The summed E-state index contributed by atoms with van der Waals surface area (Å²) in [7, 11) is 2.19. The largest absolute Gasteiger partial charge is 0.306 e. The van der Waals surface area contributed by atoms with Gasteiger partial charge in [-0.1, -0.05) is 0 Å². The lowest BCUT2D eigenvalue weighted by atomic mass is 9.94. The molecule has 14 heavy (non-hydrogen) atoms. The van der Waals surface area contributed by atoms with E-state index in [4.69, 9.17) is 5.26 Å². The predicted molar refractivity (Wildman–Crippen MR) is 57.9 cm³/mol. The van der Waals surface area contributed by atoms with E-state index in [1.54, 1.807) is 0 Å². The van der Waals surface area contributed by atoms with Crippen molar-refractivity contribution in [1.29, 1.82) is 5.26 Å². The van der Waals surface area contributed by atoms with Gasteiger partial charge in [0.1, 0.15) is 0 Å². The number of hydrogen-bond donors (Lipinski definition) is 1. The standard InChI is InChI=1S/C11H21N3/c1-10(9-12)13-6-3-11-4-7-14(2)8-5-11/h10-11,13H,3-8H2,1-2H3. The summed E-state index contributed by atoms with van der Waals surface area (Å²) in [4.78, 5) is 2.39. The molecule has 0 aromatic rings. The van der Waals surface area contributed by atoms with E-state index in [0.717, 1.165) is 12.5 Å². The van der Waals surface area contributed by atoms with E-state index in [1.807, 2.05) is 6.92 Å². The molecule has 0 amide bonds. The van der Waals surface area contributed by atoms with Gasteiger partial charge in [0.15, 0.2) is 0 Å². The maximum Gasteiger partial charge on any atom is 0.0924 e. The summed E-state index contributed by atoms with van der Waals surface area (Å²) in [5.74, 6) is 0.865. The van der Waals surface area contributed by atoms with E-state index in [9.17, 15) is 0 Å². The fourth-order valence-electron chi connectivity index (χ4n) is 1.90. The number of nitrogens with one attached hydrogen (secondary N) is 1. The molecular formula is C11H21N3. The van der Waals surface area contributed by atoms with Gasteiger partial charge in [-0.2, -0.15) is 5.26 Å². The first kappa shape index (κ1) is 11.5. The molecule has 80 valence electrons. The molecule has 0 radical (unpaired) electrons. The van der Waals surface area contributed by atoms with Crippen LogP contribution in [0.15, 0.2) is 0 Å². The molecule has 0 aromatic carbocycles. The Bertz CT molecular complexity index is 189. The van der Waals surface area contributed by atoms with E-state index >= 15 is 0 Å². The van der Waals surface area contributed by atoms with Gasteiger partial charge in [-0.3, -0.25) is 0 Å². The summed E-state index contributed by atoms with van der Waals surface area (Å²) in [6.45, 7) is 5.37. The van der Waals surface area contributed by atoms with Crippen LogP contribution in [0.25, 0.3) is 0 Å². The van der Waals surface area contributed by atoms with Crippen LogP contribution in [0.1, 0.15) is 26.2 Å². The van der Waals surface area contributed by atoms with Crippen molar-refractivity contribution in [1.82, 2.24) is 10.2 Å². The zero-order valence-corrected chi connectivity index (χ0v) is 9.29. The van der Waals surface area contributed by atoms with Gasteiger partial charge in [0.05, 0.1) is 12.1 Å². The van der Waals surface area contributed by atoms with Crippen LogP contribution in [0.5, 0.6) is 0 Å². The molecule has 1 saturated heterocycles. The monoisotopic (exact) mass is 195 g/mol. The molecule has 3 nitrogen and oxygen atoms in total. The first-order valence-electron chi connectivity index (χ1n) is 5.54. The van der Waals surface area contributed by atoms with Crippen molar-refractivity contribution in [3.05, 3.63) is 0 Å². The normalized spacial score (nSPS) is 21.8. The number of likely N-dealkylation sites (tertiary alicyclic amines) is 1. The number of nitriles is 1. The molecule has 1 atom stereocenters. The van der Waals surface area contributed by atoms with Crippen molar-refractivity contribution in [2.24, 2.45) is 5.92 Å². The Kier molecular flexibility index (Phi) is 4.92. The van der Waals surface area contributed by atoms with Crippen LogP contribution >= 0.6 is 0 Å². The minimum absolute atomic E-state index is 0.00117. The minimum Gasteiger partial charge on any atom is -0.306 e. The van der Waals surface area contributed by atoms with E-state index in [-0.39, 0.29) is 6.04 Å². The Morgan fingerprint density at radius 2 is 2.14 bits per heavy atom. The number of rotatable bonds is 4. The van der Waals surface area contributed by atoms with Crippen molar-refractivity contribution in [3.8, 4) is 6.07 Å². The molecule has 3 heteroatoms. The lowest BCUT2D eigenvalue weighted by Gasteiger charge is -2.29. The average Bonchev–Trinajstić information content (AvgIpc) is 2.21. The summed E-state index contributed by atoms with van der Waals surface area (Å²) in [6, 6.07) is 2.19. The number of piperidine rings is 1. The zero-order valence-electron chi connectivity index (χ0n) is 9.29. The van der Waals surface area contributed by atoms with Crippen LogP contribution in [0.3, 0.4) is 0 Å². The van der Waals surface area contributed by atoms with Gasteiger partial charge in [0.25, 0.3) is 0 Å². The molecule has 1 fully saturated rings. The SMILES string of the molecule is CC(C#N)NCCC1CCN(C)CC1. The molecule has 1 rings (SSSR count). The molecule has 0 saturated carbocycles. The Morgan fingerprint density at radius 1 is 1.50 bits per heavy atom. The van der Waals surface area contributed by atoms with Crippen molar-refractivity contribution < 1.29 is 0 Å². The maximum atomic E-state index is 8.59. The average molecular weight is 195 g/mol. The summed E-state index contributed by atoms with van der Waals surface area (Å²) >= 11 is 0. The fourth-order valence-corrected chi connectivity index (χ4v) is 1.90. The molecule has 0 aromatic heterocycles. The second-order valence-electron chi connectivity index (χ2n) is 4.34. The van der Waals surface area contributed by atoms with Crippen molar-refractivity contribution >= 4 is 0 Å². The van der Waals surface area contributed by atoms with E-state index in [0.29, 0.717) is 0 Å². The summed E-state index contributed by atoms with van der Waals surface area (Å²) < 4.78 is 0. The molecule has 1 aliphatic rings. The highest BCUT2D eigenvalue weighted by molar-refractivity contribution is 4.85. The van der Waals surface area contributed by atoms with Crippen LogP contribution < -0.4 is 5.32 Å². The smallest absolute Gasteiger partial charge is 0.0924 e. The van der Waals surface area contributed by atoms with Crippen molar-refractivity contribution in [2.75, 3.05) is 26.7 Å². The van der Waals surface area contributed by atoms with Gasteiger partial charge in [-0.15, -0.1) is 0 Å². The highest BCUT2D eigenvalue weighted by atomic mass is 15.1. The van der Waals surface area contributed by atoms with Crippen LogP contribution in [-0.2, 0) is 0 Å². The Morgan fingerprint density at radius 3 is 2.71 bits per heavy atom. The number of nitrogens with zero attached hydrogens (tertiary/aromatic N) is 2. The summed E-state index contributed by atoms with van der Waals surface area (Å²) in [6.07, 6.45) is 3.86. The quantitative estimate of drug-likeness (QED) is 0.733. The molecule has 0 aliphatic carbocycles. The first-order valence-corrected chi connectivity index (χ1v) is 5.54. The maximum absolute atomic E-state index is 8.59. The Labute approximate surface area is 87.1 Å². The highest BCUT2D eigenvalue weighted by Crippen LogP contribution is 2.18. The Balaban J connectivity index is 2.05. The predicted octanol–water partition coefficient (Wildman–Crippen LogP) is 1.22. The van der Waals surface area contributed by atoms with Crippen molar-refractivity contribution in [3.63, 3.8) is 0 Å². The molecular weight excluding hydrogens is 174 g/mol. The van der Waals surface area contributed by atoms with Crippen LogP contribution in [0, 0.1) is 17.2 Å². The van der Waals surface area contributed by atoms with E-state index < -0.39 is 0 Å².